The van der Waals surface area contributed by atoms with E-state index in [0.29, 0.717) is 0 Å². The number of carbonyl (C=O) groups is 1. The molecule has 0 heterocycles. The molecule has 0 atom stereocenters. The van der Waals surface area contributed by atoms with Crippen LogP contribution in [-0.4, -0.2) is 5.97 Å². The van der Waals surface area contributed by atoms with Crippen LogP contribution in [0.15, 0.2) is 0 Å². The molecule has 7 heteroatoms. The van der Waals surface area contributed by atoms with Crippen LogP contribution in [0.25, 0.3) is 0 Å². The Balaban J connectivity index is 0. The van der Waals surface area contributed by atoms with E-state index < -0.39 is 17.9 Å². The van der Waals surface area contributed by atoms with Crippen LogP contribution >= 0.6 is 37.7 Å². The van der Waals surface area contributed by atoms with E-state index in [-0.39, 0.29) is 6.42 Å². The van der Waals surface area contributed by atoms with E-state index in [4.69, 9.17) is 37.7 Å². The first-order valence-electron chi connectivity index (χ1n) is 9.59. The molecule has 25 heavy (non-hydrogen) atoms. The van der Waals surface area contributed by atoms with Gasteiger partial charge in [0, 0.05) is 5.97 Å². The number of hydrogen-bond acceptors (Lipinski definition) is 2. The van der Waals surface area contributed by atoms with Crippen molar-refractivity contribution >= 4 is 43.6 Å². The topological polar surface area (TPSA) is 40.1 Å². The normalized spacial score (nSPS) is 11.7. The van der Waals surface area contributed by atoms with Crippen LogP contribution in [0.1, 0.15) is 110 Å². The Kier molecular flexibility index (Phi) is 24.7. The van der Waals surface area contributed by atoms with Crippen molar-refractivity contribution in [1.82, 2.24) is 0 Å². The van der Waals surface area contributed by atoms with Crippen molar-refractivity contribution in [3.05, 3.63) is 0 Å². The van der Waals surface area contributed by atoms with Gasteiger partial charge in [-0.1, -0.05) is 96.8 Å². The zero-order chi connectivity index (χ0) is 19.4. The Labute approximate surface area is 174 Å². The number of carboxylic acid groups (broad SMARTS) is 1. The van der Waals surface area contributed by atoms with Gasteiger partial charge >= 0.3 is 49.6 Å². The molecule has 0 aromatic carbocycles. The maximum atomic E-state index is 10.2. The van der Waals surface area contributed by atoms with Gasteiger partial charge in [-0.05, 0) is 12.8 Å². The molecule has 0 aliphatic rings. The molecule has 0 aliphatic carbocycles. The molecule has 0 aromatic rings. The van der Waals surface area contributed by atoms with Crippen LogP contribution in [-0.2, 0) is 16.7 Å². The minimum atomic E-state index is -3.13. The second-order valence-corrected chi connectivity index (χ2v) is 24.7. The fourth-order valence-corrected chi connectivity index (χ4v) is 2.64. The van der Waals surface area contributed by atoms with Crippen molar-refractivity contribution in [2.45, 2.75) is 110 Å². The van der Waals surface area contributed by atoms with Gasteiger partial charge in [-0.25, -0.2) is 0 Å². The number of rotatable bonds is 16. The number of halogens is 4. The van der Waals surface area contributed by atoms with E-state index in [2.05, 4.69) is 6.92 Å². The van der Waals surface area contributed by atoms with Crippen molar-refractivity contribution in [3.8, 4) is 0 Å². The van der Waals surface area contributed by atoms with Crippen molar-refractivity contribution in [2.75, 3.05) is 0 Å². The SMILES string of the molecule is CCCCCCCCCCCCCCCCCC(=O)[O-].[Cl][Mo]([Cl])([Cl])[Cl]. The van der Waals surface area contributed by atoms with E-state index >= 15 is 0 Å². The summed E-state index contributed by atoms with van der Waals surface area (Å²) in [5.41, 5.74) is 0. The summed E-state index contributed by atoms with van der Waals surface area (Å²) in [6, 6.07) is 0. The Morgan fingerprint density at radius 3 is 1.12 bits per heavy atom. The van der Waals surface area contributed by atoms with Gasteiger partial charge in [0.15, 0.2) is 0 Å². The molecule has 0 saturated carbocycles. The summed E-state index contributed by atoms with van der Waals surface area (Å²) in [6.07, 6.45) is 19.9. The summed E-state index contributed by atoms with van der Waals surface area (Å²) < 4.78 is 0. The van der Waals surface area contributed by atoms with Crippen LogP contribution < -0.4 is 5.11 Å². The van der Waals surface area contributed by atoms with Gasteiger partial charge in [-0.15, -0.1) is 0 Å². The van der Waals surface area contributed by atoms with Crippen LogP contribution in [0.4, 0.5) is 0 Å². The third kappa shape index (κ3) is 41.0. The van der Waals surface area contributed by atoms with Crippen LogP contribution in [0.3, 0.4) is 0 Å². The minimum absolute atomic E-state index is 0.234. The van der Waals surface area contributed by atoms with Crippen molar-refractivity contribution in [2.24, 2.45) is 0 Å². The molecule has 0 fully saturated rings. The molecule has 154 valence electrons. The average molecular weight is 521 g/mol. The molecule has 0 saturated heterocycles. The molecule has 0 aliphatic heterocycles. The number of hydrogen-bond donors (Lipinski definition) is 0. The fraction of sp³-hybridized carbons (Fsp3) is 0.944. The molecular formula is C18H35Cl4MoO2-. The van der Waals surface area contributed by atoms with Crippen molar-refractivity contribution < 1.29 is 21.8 Å². The van der Waals surface area contributed by atoms with Gasteiger partial charge in [0.2, 0.25) is 0 Å². The van der Waals surface area contributed by atoms with Crippen LogP contribution in [0, 0.1) is 0 Å². The molecular weight excluding hydrogens is 486 g/mol. The summed E-state index contributed by atoms with van der Waals surface area (Å²) in [5.74, 6) is -0.903. The van der Waals surface area contributed by atoms with Crippen LogP contribution in [0.5, 0.6) is 0 Å². The van der Waals surface area contributed by atoms with E-state index in [1.807, 2.05) is 0 Å². The average Bonchev–Trinajstić information content (AvgIpc) is 2.49. The third-order valence-electron chi connectivity index (χ3n) is 3.98. The first-order valence-corrected chi connectivity index (χ1v) is 19.9. The molecule has 2 nitrogen and oxygen atoms in total. The number of carbonyl (C=O) groups excluding carboxylic acids is 1. The van der Waals surface area contributed by atoms with Gasteiger partial charge < -0.3 is 9.90 Å². The summed E-state index contributed by atoms with van der Waals surface area (Å²) in [6.45, 7) is 2.27. The van der Waals surface area contributed by atoms with Crippen molar-refractivity contribution in [1.29, 1.82) is 0 Å². The zero-order valence-corrected chi connectivity index (χ0v) is 20.6. The number of carboxylic acids is 1. The van der Waals surface area contributed by atoms with E-state index in [1.165, 1.54) is 83.5 Å². The third-order valence-corrected chi connectivity index (χ3v) is 3.98. The van der Waals surface area contributed by atoms with Gasteiger partial charge in [0.25, 0.3) is 0 Å². The first kappa shape index (κ1) is 28.5. The predicted octanol–water partition coefficient (Wildman–Crippen LogP) is 7.75. The van der Waals surface area contributed by atoms with Crippen LogP contribution in [0.2, 0.25) is 0 Å². The standard InChI is InChI=1S/C18H36O2.4ClH.Mo/c1-2-3-4-5-6-7-8-9-10-11-12-13-14-15-16-17-18(19)20;;;;;/h2-17H2,1H3,(H,19,20);4*1H;/q;;;;;+4/p-5. The molecule has 0 amide bonds. The number of aliphatic carboxylic acids is 1. The van der Waals surface area contributed by atoms with Gasteiger partial charge in [0.1, 0.15) is 0 Å². The molecule has 0 bridgehead atoms. The second-order valence-electron chi connectivity index (χ2n) is 6.42. The summed E-state index contributed by atoms with van der Waals surface area (Å²) >= 11 is -3.13. The van der Waals surface area contributed by atoms with Gasteiger partial charge in [0.05, 0.1) is 0 Å². The van der Waals surface area contributed by atoms with E-state index in [0.717, 1.165) is 12.8 Å². The zero-order valence-electron chi connectivity index (χ0n) is 15.6. The summed E-state index contributed by atoms with van der Waals surface area (Å²) in [4.78, 5) is 10.2. The van der Waals surface area contributed by atoms with E-state index in [1.54, 1.807) is 0 Å². The molecule has 0 rings (SSSR count). The quantitative estimate of drug-likeness (QED) is 0.154. The van der Waals surface area contributed by atoms with E-state index in [9.17, 15) is 9.90 Å². The maximum absolute atomic E-state index is 10.2. The monoisotopic (exact) mass is 521 g/mol. The molecule has 0 radical (unpaired) electrons. The fourth-order valence-electron chi connectivity index (χ4n) is 2.64. The molecule has 0 N–H and O–H groups in total. The second kappa shape index (κ2) is 21.6. The summed E-state index contributed by atoms with van der Waals surface area (Å²) in [5, 5.41) is 10.2. The molecule has 0 unspecified atom stereocenters. The Hall–Kier alpha value is 1.32. The number of unbranched alkanes of at least 4 members (excludes halogenated alkanes) is 14. The molecule has 0 spiro atoms. The summed E-state index contributed by atoms with van der Waals surface area (Å²) in [7, 11) is 20.1. The van der Waals surface area contributed by atoms with Gasteiger partial charge in [-0.2, -0.15) is 0 Å². The van der Waals surface area contributed by atoms with Gasteiger partial charge in [-0.3, -0.25) is 0 Å². The Morgan fingerprint density at radius 1 is 0.640 bits per heavy atom. The Morgan fingerprint density at radius 2 is 0.880 bits per heavy atom. The van der Waals surface area contributed by atoms with Crippen molar-refractivity contribution in [3.63, 3.8) is 0 Å². The molecule has 0 aromatic heterocycles. The Bertz CT molecular complexity index is 281. The first-order chi connectivity index (χ1) is 11.8. The predicted molar refractivity (Wildman–Crippen MR) is 108 cm³/mol.